The van der Waals surface area contributed by atoms with Crippen molar-refractivity contribution in [3.63, 3.8) is 0 Å². The second-order valence-electron chi connectivity index (χ2n) is 5.70. The standard InChI is InChI=1S/C19H16N4O2/c24-19(20-12-16-7-4-10-25-16)15-8-9-18-17(11-15)21-22-23(18)13-14-5-2-1-3-6-14/h1-11H,12-13H2,(H,20,24). The number of hydrogen-bond donors (Lipinski definition) is 1. The van der Waals surface area contributed by atoms with Crippen molar-refractivity contribution in [2.24, 2.45) is 0 Å². The first-order valence-electron chi connectivity index (χ1n) is 7.97. The predicted molar refractivity (Wildman–Crippen MR) is 93.0 cm³/mol. The topological polar surface area (TPSA) is 73.0 Å². The number of nitrogens with zero attached hydrogens (tertiary/aromatic N) is 3. The van der Waals surface area contributed by atoms with Crippen molar-refractivity contribution in [1.29, 1.82) is 0 Å². The molecule has 0 bridgehead atoms. The van der Waals surface area contributed by atoms with Crippen LogP contribution < -0.4 is 5.32 Å². The van der Waals surface area contributed by atoms with Crippen LogP contribution in [0.25, 0.3) is 11.0 Å². The van der Waals surface area contributed by atoms with Crippen molar-refractivity contribution < 1.29 is 9.21 Å². The Kier molecular flexibility index (Phi) is 4.00. The zero-order valence-electron chi connectivity index (χ0n) is 13.4. The lowest BCUT2D eigenvalue weighted by Crippen LogP contribution is -2.22. The first-order chi connectivity index (χ1) is 12.3. The molecule has 0 saturated carbocycles. The summed E-state index contributed by atoms with van der Waals surface area (Å²) < 4.78 is 7.04. The van der Waals surface area contributed by atoms with Gasteiger partial charge in [-0.1, -0.05) is 35.5 Å². The Labute approximate surface area is 144 Å². The Balaban J connectivity index is 1.52. The molecule has 0 fully saturated rings. The highest BCUT2D eigenvalue weighted by Gasteiger charge is 2.11. The van der Waals surface area contributed by atoms with E-state index >= 15 is 0 Å². The Morgan fingerprint density at radius 3 is 2.76 bits per heavy atom. The summed E-state index contributed by atoms with van der Waals surface area (Å²) in [6, 6.07) is 19.1. The fourth-order valence-electron chi connectivity index (χ4n) is 2.67. The minimum absolute atomic E-state index is 0.170. The molecular weight excluding hydrogens is 316 g/mol. The third-order valence-electron chi connectivity index (χ3n) is 3.95. The summed E-state index contributed by atoms with van der Waals surface area (Å²) in [5.74, 6) is 0.541. The fraction of sp³-hybridized carbons (Fsp3) is 0.105. The van der Waals surface area contributed by atoms with Crippen LogP contribution in [0.15, 0.2) is 71.3 Å². The molecule has 4 aromatic rings. The van der Waals surface area contributed by atoms with Crippen molar-refractivity contribution >= 4 is 16.9 Å². The van der Waals surface area contributed by atoms with Gasteiger partial charge in [0.1, 0.15) is 11.3 Å². The van der Waals surface area contributed by atoms with Crippen molar-refractivity contribution in [1.82, 2.24) is 20.3 Å². The SMILES string of the molecule is O=C(NCc1ccco1)c1ccc2c(c1)nnn2Cc1ccccc1. The van der Waals surface area contributed by atoms with E-state index in [-0.39, 0.29) is 5.91 Å². The van der Waals surface area contributed by atoms with Crippen LogP contribution in [0.1, 0.15) is 21.7 Å². The number of carbonyl (C=O) groups excluding carboxylic acids is 1. The van der Waals surface area contributed by atoms with E-state index in [0.717, 1.165) is 11.1 Å². The lowest BCUT2D eigenvalue weighted by Gasteiger charge is -2.05. The molecule has 1 N–H and O–H groups in total. The second-order valence-corrected chi connectivity index (χ2v) is 5.70. The quantitative estimate of drug-likeness (QED) is 0.610. The maximum absolute atomic E-state index is 12.3. The normalized spacial score (nSPS) is 10.9. The van der Waals surface area contributed by atoms with E-state index in [1.165, 1.54) is 0 Å². The summed E-state index contributed by atoms with van der Waals surface area (Å²) >= 11 is 0. The third kappa shape index (κ3) is 3.28. The van der Waals surface area contributed by atoms with Gasteiger partial charge in [0.25, 0.3) is 5.91 Å². The number of carbonyl (C=O) groups is 1. The summed E-state index contributed by atoms with van der Waals surface area (Å²) in [5.41, 5.74) is 3.29. The summed E-state index contributed by atoms with van der Waals surface area (Å²) in [4.78, 5) is 12.3. The van der Waals surface area contributed by atoms with Crippen LogP contribution in [-0.2, 0) is 13.1 Å². The van der Waals surface area contributed by atoms with Crippen LogP contribution in [0.2, 0.25) is 0 Å². The highest BCUT2D eigenvalue weighted by atomic mass is 16.3. The minimum atomic E-state index is -0.170. The van der Waals surface area contributed by atoms with Crippen molar-refractivity contribution in [3.8, 4) is 0 Å². The Bertz CT molecular complexity index is 991. The highest BCUT2D eigenvalue weighted by molar-refractivity contribution is 5.97. The van der Waals surface area contributed by atoms with Gasteiger partial charge in [0.15, 0.2) is 0 Å². The smallest absolute Gasteiger partial charge is 0.251 e. The summed E-state index contributed by atoms with van der Waals surface area (Å²) in [6.07, 6.45) is 1.58. The van der Waals surface area contributed by atoms with Gasteiger partial charge < -0.3 is 9.73 Å². The Morgan fingerprint density at radius 1 is 1.08 bits per heavy atom. The fourth-order valence-corrected chi connectivity index (χ4v) is 2.67. The van der Waals surface area contributed by atoms with E-state index in [4.69, 9.17) is 4.42 Å². The van der Waals surface area contributed by atoms with Crippen LogP contribution >= 0.6 is 0 Å². The number of rotatable bonds is 5. The van der Waals surface area contributed by atoms with E-state index < -0.39 is 0 Å². The van der Waals surface area contributed by atoms with Gasteiger partial charge in [-0.3, -0.25) is 4.79 Å². The Hall–Kier alpha value is -3.41. The molecular formula is C19H16N4O2. The molecule has 0 aliphatic carbocycles. The molecule has 0 saturated heterocycles. The van der Waals surface area contributed by atoms with E-state index in [2.05, 4.69) is 15.6 Å². The number of nitrogens with one attached hydrogen (secondary N) is 1. The molecule has 6 nitrogen and oxygen atoms in total. The molecule has 0 spiro atoms. The highest BCUT2D eigenvalue weighted by Crippen LogP contribution is 2.15. The molecule has 0 radical (unpaired) electrons. The average Bonchev–Trinajstić information content (AvgIpc) is 3.30. The van der Waals surface area contributed by atoms with Gasteiger partial charge in [0, 0.05) is 5.56 Å². The van der Waals surface area contributed by atoms with Crippen molar-refractivity contribution in [2.45, 2.75) is 13.1 Å². The monoisotopic (exact) mass is 332 g/mol. The van der Waals surface area contributed by atoms with Gasteiger partial charge in [-0.15, -0.1) is 5.10 Å². The van der Waals surface area contributed by atoms with Gasteiger partial charge in [-0.05, 0) is 35.9 Å². The maximum Gasteiger partial charge on any atom is 0.251 e. The molecule has 124 valence electrons. The lowest BCUT2D eigenvalue weighted by atomic mass is 10.1. The van der Waals surface area contributed by atoms with E-state index in [1.54, 1.807) is 24.5 Å². The first kappa shape index (κ1) is 15.1. The Morgan fingerprint density at radius 2 is 1.96 bits per heavy atom. The molecule has 4 rings (SSSR count). The second kappa shape index (κ2) is 6.60. The number of benzene rings is 2. The third-order valence-corrected chi connectivity index (χ3v) is 3.95. The molecule has 0 atom stereocenters. The van der Waals surface area contributed by atoms with E-state index in [0.29, 0.717) is 29.9 Å². The zero-order chi connectivity index (χ0) is 17.1. The van der Waals surface area contributed by atoms with Crippen LogP contribution in [-0.4, -0.2) is 20.9 Å². The predicted octanol–water partition coefficient (Wildman–Crippen LogP) is 3.00. The van der Waals surface area contributed by atoms with E-state index in [1.807, 2.05) is 47.1 Å². The molecule has 25 heavy (non-hydrogen) atoms. The molecule has 0 aliphatic heterocycles. The summed E-state index contributed by atoms with van der Waals surface area (Å²) in [5, 5.41) is 11.2. The lowest BCUT2D eigenvalue weighted by molar-refractivity contribution is 0.0948. The van der Waals surface area contributed by atoms with E-state index in [9.17, 15) is 4.79 Å². The number of amides is 1. The van der Waals surface area contributed by atoms with Crippen LogP contribution in [0.4, 0.5) is 0 Å². The molecule has 1 amide bonds. The minimum Gasteiger partial charge on any atom is -0.467 e. The van der Waals surface area contributed by atoms with Gasteiger partial charge in [-0.25, -0.2) is 4.68 Å². The molecule has 2 aromatic heterocycles. The van der Waals surface area contributed by atoms with Gasteiger partial charge in [0.05, 0.1) is 24.9 Å². The molecule has 0 unspecified atom stereocenters. The number of hydrogen-bond acceptors (Lipinski definition) is 4. The van der Waals surface area contributed by atoms with Crippen molar-refractivity contribution in [2.75, 3.05) is 0 Å². The zero-order valence-corrected chi connectivity index (χ0v) is 13.4. The largest absolute Gasteiger partial charge is 0.467 e. The first-order valence-corrected chi connectivity index (χ1v) is 7.97. The maximum atomic E-state index is 12.3. The van der Waals surface area contributed by atoms with Crippen LogP contribution in [0.5, 0.6) is 0 Å². The molecule has 0 aliphatic rings. The van der Waals surface area contributed by atoms with Crippen molar-refractivity contribution in [3.05, 3.63) is 83.8 Å². The molecule has 6 heteroatoms. The van der Waals surface area contributed by atoms with Crippen LogP contribution in [0, 0.1) is 0 Å². The van der Waals surface area contributed by atoms with Gasteiger partial charge in [0.2, 0.25) is 0 Å². The summed E-state index contributed by atoms with van der Waals surface area (Å²) in [7, 11) is 0. The number of aromatic nitrogens is 3. The number of furan rings is 1. The molecule has 2 aromatic carbocycles. The van der Waals surface area contributed by atoms with Gasteiger partial charge >= 0.3 is 0 Å². The average molecular weight is 332 g/mol. The summed E-state index contributed by atoms with van der Waals surface area (Å²) in [6.45, 7) is 0.992. The number of fused-ring (bicyclic) bond motifs is 1. The van der Waals surface area contributed by atoms with Crippen LogP contribution in [0.3, 0.4) is 0 Å². The van der Waals surface area contributed by atoms with Gasteiger partial charge in [-0.2, -0.15) is 0 Å². The molecule has 2 heterocycles.